The SMILES string of the molecule is CC1CN2CCO[Si](CCC(F)(F)C(F)(F)C(F)(F)C(F)(F)F)(O1)OC(C)C2. The summed E-state index contributed by atoms with van der Waals surface area (Å²) in [5.74, 6) is -19.2. The molecule has 3 fully saturated rings. The summed E-state index contributed by atoms with van der Waals surface area (Å²) in [5.41, 5.74) is 0. The van der Waals surface area contributed by atoms with Gasteiger partial charge < -0.3 is 13.3 Å². The Morgan fingerprint density at radius 3 is 1.82 bits per heavy atom. The van der Waals surface area contributed by atoms with Crippen LogP contribution in [0.15, 0.2) is 0 Å². The maximum absolute atomic E-state index is 13.9. The van der Waals surface area contributed by atoms with Crippen LogP contribution in [0, 0.1) is 0 Å². The molecule has 0 saturated carbocycles. The summed E-state index contributed by atoms with van der Waals surface area (Å²) in [6.07, 6.45) is -10.0. The van der Waals surface area contributed by atoms with Crippen LogP contribution in [0.4, 0.5) is 39.5 Å². The normalized spacial score (nSPS) is 33.3. The molecule has 3 aliphatic rings. The molecule has 0 aromatic heterocycles. The molecule has 0 amide bonds. The average molecular weight is 449 g/mol. The van der Waals surface area contributed by atoms with Crippen molar-refractivity contribution >= 4 is 8.80 Å². The van der Waals surface area contributed by atoms with Gasteiger partial charge in [-0.1, -0.05) is 0 Å². The van der Waals surface area contributed by atoms with Gasteiger partial charge in [-0.25, -0.2) is 0 Å². The van der Waals surface area contributed by atoms with Crippen LogP contribution in [0.2, 0.25) is 6.04 Å². The molecule has 0 aliphatic carbocycles. The molecular weight excluding hydrogens is 429 g/mol. The molecule has 3 aliphatic heterocycles. The van der Waals surface area contributed by atoms with Gasteiger partial charge in [0.05, 0.1) is 18.8 Å². The molecule has 2 bridgehead atoms. The average Bonchev–Trinajstić information content (AvgIpc) is 2.47. The van der Waals surface area contributed by atoms with Gasteiger partial charge in [0.1, 0.15) is 0 Å². The molecule has 4 nitrogen and oxygen atoms in total. The van der Waals surface area contributed by atoms with Gasteiger partial charge >= 0.3 is 32.7 Å². The third-order valence-corrected chi connectivity index (χ3v) is 7.51. The molecule has 0 radical (unpaired) electrons. The molecule has 3 saturated heterocycles. The van der Waals surface area contributed by atoms with Gasteiger partial charge in [-0.2, -0.15) is 39.5 Å². The standard InChI is InChI=1S/C14H20F9NO3Si/c1-9-7-24-4-5-25-28(26-9,27-10(2)8-24)6-3-11(15,16)12(17,18)13(19,20)14(21,22)23/h9-10H,3-8H2,1-2H3. The second-order valence-corrected chi connectivity index (χ2v) is 9.63. The molecule has 0 aromatic carbocycles. The second kappa shape index (κ2) is 7.60. The van der Waals surface area contributed by atoms with Gasteiger partial charge in [-0.05, 0) is 13.8 Å². The predicted octanol–water partition coefficient (Wildman–Crippen LogP) is 3.94. The van der Waals surface area contributed by atoms with Crippen LogP contribution >= 0.6 is 0 Å². The zero-order valence-corrected chi connectivity index (χ0v) is 16.0. The van der Waals surface area contributed by atoms with Crippen molar-refractivity contribution < 1.29 is 52.8 Å². The van der Waals surface area contributed by atoms with Crippen LogP contribution in [-0.2, 0) is 13.3 Å². The number of halogens is 9. The van der Waals surface area contributed by atoms with E-state index in [9.17, 15) is 39.5 Å². The summed E-state index contributed by atoms with van der Waals surface area (Å²) in [6, 6.07) is -1.03. The summed E-state index contributed by atoms with van der Waals surface area (Å²) in [7, 11) is -4.01. The van der Waals surface area contributed by atoms with E-state index < -0.39 is 57.4 Å². The molecule has 0 N–H and O–H groups in total. The lowest BCUT2D eigenvalue weighted by Crippen LogP contribution is -2.62. The molecule has 2 unspecified atom stereocenters. The lowest BCUT2D eigenvalue weighted by atomic mass is 10.0. The molecule has 0 spiro atoms. The lowest BCUT2D eigenvalue weighted by molar-refractivity contribution is -0.396. The van der Waals surface area contributed by atoms with Crippen molar-refractivity contribution in [1.82, 2.24) is 4.90 Å². The Kier molecular flexibility index (Phi) is 6.43. The van der Waals surface area contributed by atoms with Crippen molar-refractivity contribution in [3.63, 3.8) is 0 Å². The van der Waals surface area contributed by atoms with Crippen LogP contribution < -0.4 is 0 Å². The van der Waals surface area contributed by atoms with Crippen molar-refractivity contribution in [3.8, 4) is 0 Å². The Morgan fingerprint density at radius 1 is 0.857 bits per heavy atom. The fraction of sp³-hybridized carbons (Fsp3) is 1.00. The summed E-state index contributed by atoms with van der Waals surface area (Å²) >= 11 is 0. The van der Waals surface area contributed by atoms with E-state index in [4.69, 9.17) is 13.3 Å². The molecule has 0 aromatic rings. The van der Waals surface area contributed by atoms with Gasteiger partial charge in [-0.15, -0.1) is 0 Å². The van der Waals surface area contributed by atoms with E-state index in [1.54, 1.807) is 13.8 Å². The van der Waals surface area contributed by atoms with Gasteiger partial charge in [0.15, 0.2) is 0 Å². The zero-order chi connectivity index (χ0) is 21.6. The van der Waals surface area contributed by atoms with Crippen LogP contribution in [-0.4, -0.2) is 76.1 Å². The van der Waals surface area contributed by atoms with E-state index >= 15 is 0 Å². The number of rotatable bonds is 5. The second-order valence-electron chi connectivity index (χ2n) is 7.00. The van der Waals surface area contributed by atoms with Crippen molar-refractivity contribution in [3.05, 3.63) is 0 Å². The maximum atomic E-state index is 13.9. The summed E-state index contributed by atoms with van der Waals surface area (Å²) in [5, 5.41) is 0. The van der Waals surface area contributed by atoms with Crippen LogP contribution in [0.25, 0.3) is 0 Å². The first-order chi connectivity index (χ1) is 12.5. The first kappa shape index (κ1) is 23.7. The van der Waals surface area contributed by atoms with Crippen molar-refractivity contribution in [2.45, 2.75) is 62.5 Å². The Hall–Kier alpha value is -0.573. The zero-order valence-electron chi connectivity index (χ0n) is 15.0. The summed E-state index contributed by atoms with van der Waals surface area (Å²) < 4.78 is 134. The number of nitrogens with zero attached hydrogens (tertiary/aromatic N) is 1. The number of fused-ring (bicyclic) bond motifs is 6. The van der Waals surface area contributed by atoms with Gasteiger partial charge in [0.25, 0.3) is 0 Å². The molecule has 28 heavy (non-hydrogen) atoms. The predicted molar refractivity (Wildman–Crippen MR) is 79.6 cm³/mol. The van der Waals surface area contributed by atoms with Crippen molar-refractivity contribution in [2.24, 2.45) is 0 Å². The van der Waals surface area contributed by atoms with E-state index in [-0.39, 0.29) is 6.61 Å². The Bertz CT molecular complexity index is 547. The highest BCUT2D eigenvalue weighted by atomic mass is 28.4. The quantitative estimate of drug-likeness (QED) is 0.470. The number of hydrogen-bond donors (Lipinski definition) is 0. The lowest BCUT2D eigenvalue weighted by Gasteiger charge is -2.44. The Labute approximate surface area is 156 Å². The molecule has 3 heterocycles. The fourth-order valence-electron chi connectivity index (χ4n) is 3.16. The van der Waals surface area contributed by atoms with Crippen molar-refractivity contribution in [1.29, 1.82) is 0 Å². The Balaban J connectivity index is 2.23. The summed E-state index contributed by atoms with van der Waals surface area (Å²) in [6.45, 7) is 4.23. The minimum atomic E-state index is -6.91. The maximum Gasteiger partial charge on any atom is 0.501 e. The van der Waals surface area contributed by atoms with Gasteiger partial charge in [-0.3, -0.25) is 4.90 Å². The number of alkyl halides is 9. The van der Waals surface area contributed by atoms with Gasteiger partial charge in [0, 0.05) is 32.1 Å². The van der Waals surface area contributed by atoms with E-state index in [0.717, 1.165) is 0 Å². The molecular formula is C14H20F9NO3Si. The summed E-state index contributed by atoms with van der Waals surface area (Å²) in [4.78, 5) is 1.92. The van der Waals surface area contributed by atoms with Crippen LogP contribution in [0.5, 0.6) is 0 Å². The van der Waals surface area contributed by atoms with E-state index in [2.05, 4.69) is 0 Å². The fourth-order valence-corrected chi connectivity index (χ4v) is 6.13. The highest BCUT2D eigenvalue weighted by molar-refractivity contribution is 6.60. The van der Waals surface area contributed by atoms with E-state index in [1.165, 1.54) is 0 Å². The van der Waals surface area contributed by atoms with E-state index in [0.29, 0.717) is 19.6 Å². The molecule has 166 valence electrons. The highest BCUT2D eigenvalue weighted by Crippen LogP contribution is 2.54. The molecule has 2 atom stereocenters. The molecule has 14 heteroatoms. The third-order valence-electron chi connectivity index (χ3n) is 4.48. The minimum Gasteiger partial charge on any atom is -0.372 e. The minimum absolute atomic E-state index is 0.0354. The third kappa shape index (κ3) is 4.44. The van der Waals surface area contributed by atoms with Gasteiger partial charge in [0.2, 0.25) is 0 Å². The first-order valence-electron chi connectivity index (χ1n) is 8.45. The highest BCUT2D eigenvalue weighted by Gasteiger charge is 2.81. The van der Waals surface area contributed by atoms with E-state index in [1.807, 2.05) is 4.90 Å². The van der Waals surface area contributed by atoms with Crippen LogP contribution in [0.1, 0.15) is 20.3 Å². The Morgan fingerprint density at radius 2 is 1.36 bits per heavy atom. The van der Waals surface area contributed by atoms with Crippen LogP contribution in [0.3, 0.4) is 0 Å². The monoisotopic (exact) mass is 449 g/mol. The topological polar surface area (TPSA) is 30.9 Å². The van der Waals surface area contributed by atoms with Crippen molar-refractivity contribution in [2.75, 3.05) is 26.2 Å². The largest absolute Gasteiger partial charge is 0.501 e. The number of hydrogen-bond acceptors (Lipinski definition) is 4. The first-order valence-corrected chi connectivity index (χ1v) is 10.4. The molecule has 3 rings (SSSR count). The smallest absolute Gasteiger partial charge is 0.372 e.